The maximum Gasteiger partial charge on any atom is 0.303 e. The molecule has 0 saturated carbocycles. The summed E-state index contributed by atoms with van der Waals surface area (Å²) in [6.07, 6.45) is 3.48. The molecule has 33 heavy (non-hydrogen) atoms. The van der Waals surface area contributed by atoms with Gasteiger partial charge in [0.2, 0.25) is 0 Å². The predicted molar refractivity (Wildman–Crippen MR) is 128 cm³/mol. The number of rotatable bonds is 4. The molecule has 4 aromatic rings. The monoisotopic (exact) mass is 459 g/mol. The van der Waals surface area contributed by atoms with Crippen LogP contribution >= 0.6 is 0 Å². The van der Waals surface area contributed by atoms with Crippen LogP contribution in [0.1, 0.15) is 10.4 Å². The zero-order chi connectivity index (χ0) is 23.0. The number of nitrogens with one attached hydrogen (secondary N) is 1. The fraction of sp³-hybridized carbons (Fsp3) is 0.125. The van der Waals surface area contributed by atoms with Crippen molar-refractivity contribution >= 4 is 38.4 Å². The van der Waals surface area contributed by atoms with E-state index in [4.69, 9.17) is 0 Å². The first-order valence-corrected chi connectivity index (χ1v) is 11.8. The normalized spacial score (nSPS) is 15.6. The van der Waals surface area contributed by atoms with E-state index in [1.807, 2.05) is 42.5 Å². The quantitative estimate of drug-likeness (QED) is 0.504. The van der Waals surface area contributed by atoms with Gasteiger partial charge in [0.1, 0.15) is 0 Å². The third-order valence-electron chi connectivity index (χ3n) is 5.61. The molecule has 2 aromatic heterocycles. The summed E-state index contributed by atoms with van der Waals surface area (Å²) in [6, 6.07) is 19.8. The lowest BCUT2D eigenvalue weighted by Gasteiger charge is -2.18. The topological polar surface area (TPSA) is 95.5 Å². The number of benzene rings is 2. The molecule has 1 saturated heterocycles. The number of carbonyl (C=O) groups is 1. The summed E-state index contributed by atoms with van der Waals surface area (Å²) in [5.74, 6) is -0.280. The van der Waals surface area contributed by atoms with E-state index >= 15 is 0 Å². The molecule has 1 aliphatic rings. The average Bonchev–Trinajstić information content (AvgIpc) is 3.11. The first-order chi connectivity index (χ1) is 15.9. The highest BCUT2D eigenvalue weighted by Crippen LogP contribution is 2.26. The van der Waals surface area contributed by atoms with Crippen molar-refractivity contribution in [3.63, 3.8) is 0 Å². The van der Waals surface area contributed by atoms with Gasteiger partial charge in [0.25, 0.3) is 5.91 Å². The summed E-state index contributed by atoms with van der Waals surface area (Å²) in [6.45, 7) is 0.820. The highest BCUT2D eigenvalue weighted by Gasteiger charge is 2.33. The summed E-state index contributed by atoms with van der Waals surface area (Å²) >= 11 is 0. The van der Waals surface area contributed by atoms with Gasteiger partial charge in [-0.1, -0.05) is 12.1 Å². The Balaban J connectivity index is 1.34. The lowest BCUT2D eigenvalue weighted by Crippen LogP contribution is -2.30. The number of aromatic nitrogens is 2. The maximum absolute atomic E-state index is 12.8. The Bertz CT molecular complexity index is 1450. The van der Waals surface area contributed by atoms with Gasteiger partial charge in [0, 0.05) is 54.7 Å². The van der Waals surface area contributed by atoms with Crippen molar-refractivity contribution < 1.29 is 13.2 Å². The Labute approximate surface area is 191 Å². The number of hydrogen-bond donors (Lipinski definition) is 1. The summed E-state index contributed by atoms with van der Waals surface area (Å²) in [5, 5.41) is 3.86. The molecule has 166 valence electrons. The van der Waals surface area contributed by atoms with Crippen LogP contribution < -0.4 is 9.62 Å². The van der Waals surface area contributed by atoms with Gasteiger partial charge in [-0.25, -0.2) is 4.98 Å². The number of anilines is 2. The van der Waals surface area contributed by atoms with Crippen LogP contribution in [0.25, 0.3) is 22.2 Å². The summed E-state index contributed by atoms with van der Waals surface area (Å²) in [7, 11) is -1.94. The van der Waals surface area contributed by atoms with E-state index in [2.05, 4.69) is 15.3 Å². The van der Waals surface area contributed by atoms with E-state index in [9.17, 15) is 13.2 Å². The van der Waals surface area contributed by atoms with Crippen LogP contribution in [0.15, 0.2) is 79.1 Å². The maximum atomic E-state index is 12.8. The van der Waals surface area contributed by atoms with Gasteiger partial charge < -0.3 is 5.32 Å². The van der Waals surface area contributed by atoms with Crippen LogP contribution in [0.5, 0.6) is 0 Å². The minimum Gasteiger partial charge on any atom is -0.322 e. The second-order valence-corrected chi connectivity index (χ2v) is 9.71. The molecule has 0 spiro atoms. The van der Waals surface area contributed by atoms with Crippen molar-refractivity contribution in [2.75, 3.05) is 29.8 Å². The van der Waals surface area contributed by atoms with Gasteiger partial charge in [-0.3, -0.25) is 14.1 Å². The van der Waals surface area contributed by atoms with Crippen molar-refractivity contribution in [3.05, 3.63) is 84.7 Å². The molecule has 1 aliphatic heterocycles. The van der Waals surface area contributed by atoms with Gasteiger partial charge in [0.15, 0.2) is 0 Å². The molecule has 0 radical (unpaired) electrons. The molecule has 2 aromatic carbocycles. The molecular formula is C24H21N5O3S. The smallest absolute Gasteiger partial charge is 0.303 e. The van der Waals surface area contributed by atoms with Crippen LogP contribution in [0, 0.1) is 0 Å². The number of likely N-dealkylation sites (N-methyl/N-ethyl adjacent to an activating group) is 1. The fourth-order valence-electron chi connectivity index (χ4n) is 3.76. The van der Waals surface area contributed by atoms with Crippen LogP contribution in [0.3, 0.4) is 0 Å². The molecule has 1 N–H and O–H groups in total. The van der Waals surface area contributed by atoms with E-state index in [-0.39, 0.29) is 5.91 Å². The lowest BCUT2D eigenvalue weighted by molar-refractivity contribution is 0.102. The molecule has 3 heterocycles. The van der Waals surface area contributed by atoms with Gasteiger partial charge in [-0.05, 0) is 54.6 Å². The summed E-state index contributed by atoms with van der Waals surface area (Å²) in [5.41, 5.74) is 4.14. The van der Waals surface area contributed by atoms with Gasteiger partial charge >= 0.3 is 10.2 Å². The number of carbonyl (C=O) groups excluding carboxylic acids is 1. The Hall–Kier alpha value is -3.82. The van der Waals surface area contributed by atoms with E-state index in [0.29, 0.717) is 30.0 Å². The molecule has 0 unspecified atom stereocenters. The SMILES string of the molecule is CN1CCN(c2ccc(C(=O)Nc3cccc(-c4ccc5cnccc5n4)c3)cc2)S1(=O)=O. The molecule has 0 atom stereocenters. The molecule has 9 heteroatoms. The van der Waals surface area contributed by atoms with Crippen LogP contribution in [0.2, 0.25) is 0 Å². The standard InChI is InChI=1S/C24H21N5O3S/c1-28-13-14-29(33(28,31)32)21-8-5-17(6-9-21)24(30)26-20-4-2-3-18(15-20)22-10-7-19-16-25-12-11-23(19)27-22/h2-12,15-16H,13-14H2,1H3,(H,26,30). The summed E-state index contributed by atoms with van der Waals surface area (Å²) in [4.78, 5) is 21.6. The largest absolute Gasteiger partial charge is 0.322 e. The van der Waals surface area contributed by atoms with Gasteiger partial charge in [-0.15, -0.1) is 0 Å². The number of hydrogen-bond acceptors (Lipinski definition) is 5. The molecule has 1 fully saturated rings. The molecule has 5 rings (SSSR count). The molecule has 8 nitrogen and oxygen atoms in total. The molecule has 0 aliphatic carbocycles. The minimum atomic E-state index is -3.49. The van der Waals surface area contributed by atoms with E-state index in [0.717, 1.165) is 22.2 Å². The van der Waals surface area contributed by atoms with Gasteiger partial charge in [-0.2, -0.15) is 12.7 Å². The number of amides is 1. The van der Waals surface area contributed by atoms with Crippen LogP contribution in [-0.4, -0.2) is 48.7 Å². The molecule has 1 amide bonds. The Morgan fingerprint density at radius 2 is 1.82 bits per heavy atom. The van der Waals surface area contributed by atoms with E-state index < -0.39 is 10.2 Å². The Morgan fingerprint density at radius 3 is 2.58 bits per heavy atom. The van der Waals surface area contributed by atoms with E-state index in [1.165, 1.54) is 8.61 Å². The zero-order valence-electron chi connectivity index (χ0n) is 17.8. The molecule has 0 bridgehead atoms. The molecular weight excluding hydrogens is 438 g/mol. The number of nitrogens with zero attached hydrogens (tertiary/aromatic N) is 4. The number of pyridine rings is 2. The van der Waals surface area contributed by atoms with Crippen molar-refractivity contribution in [1.82, 2.24) is 14.3 Å². The first-order valence-electron chi connectivity index (χ1n) is 10.4. The van der Waals surface area contributed by atoms with Crippen molar-refractivity contribution in [3.8, 4) is 11.3 Å². The highest BCUT2D eigenvalue weighted by molar-refractivity contribution is 7.90. The third kappa shape index (κ3) is 4.04. The Morgan fingerprint density at radius 1 is 1.00 bits per heavy atom. The minimum absolute atomic E-state index is 0.280. The average molecular weight is 460 g/mol. The summed E-state index contributed by atoms with van der Waals surface area (Å²) < 4.78 is 27.3. The van der Waals surface area contributed by atoms with Crippen LogP contribution in [0.4, 0.5) is 11.4 Å². The van der Waals surface area contributed by atoms with Crippen molar-refractivity contribution in [2.45, 2.75) is 0 Å². The number of fused-ring (bicyclic) bond motifs is 1. The van der Waals surface area contributed by atoms with Crippen molar-refractivity contribution in [2.24, 2.45) is 0 Å². The van der Waals surface area contributed by atoms with Crippen LogP contribution in [-0.2, 0) is 10.2 Å². The zero-order valence-corrected chi connectivity index (χ0v) is 18.7. The van der Waals surface area contributed by atoms with E-state index in [1.54, 1.807) is 43.7 Å². The first kappa shape index (κ1) is 21.0. The second-order valence-electron chi connectivity index (χ2n) is 7.75. The van der Waals surface area contributed by atoms with Crippen molar-refractivity contribution in [1.29, 1.82) is 0 Å². The lowest BCUT2D eigenvalue weighted by atomic mass is 10.1. The second kappa shape index (κ2) is 8.27. The predicted octanol–water partition coefficient (Wildman–Crippen LogP) is 3.55. The Kier molecular flexibility index (Phi) is 5.27. The van der Waals surface area contributed by atoms with Gasteiger partial charge in [0.05, 0.1) is 16.9 Å². The highest BCUT2D eigenvalue weighted by atomic mass is 32.2. The fourth-order valence-corrected chi connectivity index (χ4v) is 5.11. The third-order valence-corrected chi connectivity index (χ3v) is 7.53.